The van der Waals surface area contributed by atoms with Crippen LogP contribution in [0.5, 0.6) is 0 Å². The summed E-state index contributed by atoms with van der Waals surface area (Å²) in [7, 11) is -4.78. The number of nitrogens with two attached hydrogens (primary N) is 1. The number of carbonyl (C=O) groups is 1. The van der Waals surface area contributed by atoms with Crippen LogP contribution in [0.4, 0.5) is 5.82 Å². The number of anilines is 1. The zero-order valence-corrected chi connectivity index (χ0v) is 15.8. The molecule has 1 aliphatic heterocycles. The first-order valence-electron chi connectivity index (χ1n) is 8.58. The first-order valence-corrected chi connectivity index (χ1v) is 10.1. The van der Waals surface area contributed by atoms with Crippen LogP contribution in [0.1, 0.15) is 36.0 Å². The van der Waals surface area contributed by atoms with Crippen LogP contribution in [0.25, 0.3) is 0 Å². The summed E-state index contributed by atoms with van der Waals surface area (Å²) in [5.41, 5.74) is 5.82. The van der Waals surface area contributed by atoms with Crippen LogP contribution < -0.4 is 11.1 Å². The minimum Gasteiger partial charge on any atom is -0.396 e. The Labute approximate surface area is 160 Å². The Morgan fingerprint density at radius 3 is 2.68 bits per heavy atom. The maximum atomic E-state index is 12.2. The summed E-state index contributed by atoms with van der Waals surface area (Å²) < 4.78 is 21.6. The molecule has 0 spiro atoms. The third-order valence-electron chi connectivity index (χ3n) is 4.19. The van der Waals surface area contributed by atoms with E-state index in [0.29, 0.717) is 19.4 Å². The van der Waals surface area contributed by atoms with Crippen molar-refractivity contribution in [3.63, 3.8) is 0 Å². The molecular formula is C14H25N4O9P. The van der Waals surface area contributed by atoms with E-state index in [4.69, 9.17) is 25.4 Å². The third kappa shape index (κ3) is 5.72. The minimum atomic E-state index is -4.78. The number of imidazole rings is 1. The Kier molecular flexibility index (Phi) is 7.92. The van der Waals surface area contributed by atoms with Crippen LogP contribution in [0, 0.1) is 0 Å². The number of aliphatic hydroxyl groups is 3. The van der Waals surface area contributed by atoms with E-state index in [9.17, 15) is 19.6 Å². The predicted molar refractivity (Wildman–Crippen MR) is 93.8 cm³/mol. The van der Waals surface area contributed by atoms with E-state index in [1.54, 1.807) is 0 Å². The summed E-state index contributed by atoms with van der Waals surface area (Å²) in [6, 6.07) is 0. The van der Waals surface area contributed by atoms with Crippen molar-refractivity contribution in [2.75, 3.05) is 25.5 Å². The molecule has 1 aromatic heterocycles. The number of ether oxygens (including phenoxy) is 1. The van der Waals surface area contributed by atoms with E-state index >= 15 is 0 Å². The second-order valence-corrected chi connectivity index (χ2v) is 7.50. The molecule has 4 atom stereocenters. The topological polar surface area (TPSA) is 210 Å². The van der Waals surface area contributed by atoms with E-state index in [1.165, 1.54) is 0 Å². The first kappa shape index (κ1) is 22.7. The molecule has 1 aromatic rings. The van der Waals surface area contributed by atoms with Gasteiger partial charge in [0.2, 0.25) is 0 Å². The number of amides is 1. The van der Waals surface area contributed by atoms with Gasteiger partial charge in [-0.15, -0.1) is 0 Å². The zero-order chi connectivity index (χ0) is 20.9. The lowest BCUT2D eigenvalue weighted by Crippen LogP contribution is -2.33. The number of aliphatic hydroxyl groups excluding tert-OH is 3. The van der Waals surface area contributed by atoms with E-state index < -0.39 is 44.9 Å². The van der Waals surface area contributed by atoms with Gasteiger partial charge in [-0.3, -0.25) is 13.9 Å². The Morgan fingerprint density at radius 1 is 1.32 bits per heavy atom. The fourth-order valence-corrected chi connectivity index (χ4v) is 3.06. The molecule has 14 heteroatoms. The van der Waals surface area contributed by atoms with Crippen molar-refractivity contribution >= 4 is 19.5 Å². The highest BCUT2D eigenvalue weighted by molar-refractivity contribution is 7.46. The summed E-state index contributed by atoms with van der Waals surface area (Å²) in [6.45, 7) is -0.204. The van der Waals surface area contributed by atoms with Crippen molar-refractivity contribution in [3.05, 3.63) is 12.0 Å². The zero-order valence-electron chi connectivity index (χ0n) is 14.9. The van der Waals surface area contributed by atoms with Crippen molar-refractivity contribution in [1.82, 2.24) is 14.9 Å². The molecule has 0 radical (unpaired) electrons. The average Bonchev–Trinajstić information content (AvgIpc) is 3.13. The SMILES string of the molecule is Nc1c(C(=O)NCCCCCO)ncn1[C@@H]1O[C@H](COP(=O)(O)O)[C@@H](O)[C@H]1O. The van der Waals surface area contributed by atoms with E-state index in [1.807, 2.05) is 0 Å². The van der Waals surface area contributed by atoms with Crippen LogP contribution >= 0.6 is 7.82 Å². The van der Waals surface area contributed by atoms with Crippen molar-refractivity contribution in [2.24, 2.45) is 0 Å². The number of carbonyl (C=O) groups excluding carboxylic acids is 1. The minimum absolute atomic E-state index is 0.0844. The molecule has 0 aromatic carbocycles. The highest BCUT2D eigenvalue weighted by Crippen LogP contribution is 2.38. The Morgan fingerprint density at radius 2 is 2.04 bits per heavy atom. The number of phosphoric ester groups is 1. The van der Waals surface area contributed by atoms with Crippen LogP contribution in [0.2, 0.25) is 0 Å². The molecular weight excluding hydrogens is 399 g/mol. The van der Waals surface area contributed by atoms with Gasteiger partial charge in [0.25, 0.3) is 5.91 Å². The molecule has 1 aliphatic rings. The Bertz CT molecular complexity index is 709. The van der Waals surface area contributed by atoms with E-state index in [-0.39, 0.29) is 18.1 Å². The van der Waals surface area contributed by atoms with Gasteiger partial charge in [0.05, 0.1) is 12.9 Å². The van der Waals surface area contributed by atoms with Gasteiger partial charge >= 0.3 is 7.82 Å². The smallest absolute Gasteiger partial charge is 0.396 e. The van der Waals surface area contributed by atoms with Crippen LogP contribution in [-0.4, -0.2) is 78.6 Å². The molecule has 2 heterocycles. The van der Waals surface area contributed by atoms with Gasteiger partial charge in [-0.2, -0.15) is 0 Å². The van der Waals surface area contributed by atoms with Crippen molar-refractivity contribution in [3.8, 4) is 0 Å². The molecule has 0 bridgehead atoms. The van der Waals surface area contributed by atoms with Crippen molar-refractivity contribution in [1.29, 1.82) is 0 Å². The highest BCUT2D eigenvalue weighted by atomic mass is 31.2. The van der Waals surface area contributed by atoms with Gasteiger partial charge in [-0.1, -0.05) is 0 Å². The van der Waals surface area contributed by atoms with Crippen LogP contribution in [0.15, 0.2) is 6.33 Å². The van der Waals surface area contributed by atoms with Gasteiger partial charge in [0.1, 0.15) is 24.1 Å². The van der Waals surface area contributed by atoms with Crippen molar-refractivity contribution < 1.29 is 43.7 Å². The largest absolute Gasteiger partial charge is 0.469 e. The average molecular weight is 424 g/mol. The lowest BCUT2D eigenvalue weighted by atomic mass is 10.1. The second kappa shape index (κ2) is 9.76. The van der Waals surface area contributed by atoms with Gasteiger partial charge < -0.3 is 40.9 Å². The number of phosphoric acid groups is 1. The molecule has 2 rings (SSSR count). The maximum absolute atomic E-state index is 12.2. The lowest BCUT2D eigenvalue weighted by Gasteiger charge is -2.17. The van der Waals surface area contributed by atoms with Gasteiger partial charge in [-0.25, -0.2) is 9.55 Å². The van der Waals surface area contributed by atoms with E-state index in [0.717, 1.165) is 17.3 Å². The number of nitrogens with zero attached hydrogens (tertiary/aromatic N) is 2. The number of nitrogens with one attached hydrogen (secondary N) is 1. The molecule has 0 unspecified atom stereocenters. The molecule has 0 saturated carbocycles. The number of rotatable bonds is 10. The molecule has 28 heavy (non-hydrogen) atoms. The second-order valence-electron chi connectivity index (χ2n) is 6.26. The molecule has 1 fully saturated rings. The molecule has 13 nitrogen and oxygen atoms in total. The molecule has 1 amide bonds. The Balaban J connectivity index is 2.00. The van der Waals surface area contributed by atoms with Crippen LogP contribution in [0.3, 0.4) is 0 Å². The maximum Gasteiger partial charge on any atom is 0.469 e. The monoisotopic (exact) mass is 424 g/mol. The first-order chi connectivity index (χ1) is 13.2. The fourth-order valence-electron chi connectivity index (χ4n) is 2.71. The highest BCUT2D eigenvalue weighted by Gasteiger charge is 2.45. The van der Waals surface area contributed by atoms with Crippen molar-refractivity contribution in [2.45, 2.75) is 43.8 Å². The predicted octanol–water partition coefficient (Wildman–Crippen LogP) is -1.91. The normalized spacial score (nSPS) is 25.2. The molecule has 8 N–H and O–H groups in total. The van der Waals surface area contributed by atoms with Gasteiger partial charge in [0.15, 0.2) is 11.9 Å². The number of aromatic nitrogens is 2. The number of hydrogen-bond acceptors (Lipinski definition) is 9. The number of nitrogen functional groups attached to an aromatic ring is 1. The lowest BCUT2D eigenvalue weighted by molar-refractivity contribution is -0.0510. The molecule has 0 aliphatic carbocycles. The van der Waals surface area contributed by atoms with Crippen LogP contribution in [-0.2, 0) is 13.8 Å². The fraction of sp³-hybridized carbons (Fsp3) is 0.714. The number of unbranched alkanes of at least 4 members (excludes halogenated alkanes) is 2. The van der Waals surface area contributed by atoms with E-state index in [2.05, 4.69) is 14.8 Å². The van der Waals surface area contributed by atoms with Gasteiger partial charge in [0, 0.05) is 13.2 Å². The van der Waals surface area contributed by atoms with Gasteiger partial charge in [-0.05, 0) is 19.3 Å². The summed E-state index contributed by atoms with van der Waals surface area (Å²) in [4.78, 5) is 33.6. The molecule has 160 valence electrons. The molecule has 1 saturated heterocycles. The quantitative estimate of drug-likeness (QED) is 0.163. The summed E-state index contributed by atoms with van der Waals surface area (Å²) >= 11 is 0. The summed E-state index contributed by atoms with van der Waals surface area (Å²) in [5, 5.41) is 31.5. The number of hydrogen-bond donors (Lipinski definition) is 7. The summed E-state index contributed by atoms with van der Waals surface area (Å²) in [6.07, 6.45) is -2.22. The standard InChI is InChI=1S/C14H25N4O9P/c15-12-9(13(22)16-4-2-1-3-5-19)17-7-18(12)14-11(21)10(20)8(27-14)6-26-28(23,24)25/h7-8,10-11,14,19-21H,1-6,15H2,(H,16,22)(H2,23,24,25)/t8-,10-,11-,14-/m1/s1. The third-order valence-corrected chi connectivity index (χ3v) is 4.67. The summed E-state index contributed by atoms with van der Waals surface area (Å²) in [5.74, 6) is -0.643. The Hall–Kier alpha value is -1.57.